The summed E-state index contributed by atoms with van der Waals surface area (Å²) in [7, 11) is 0. The van der Waals surface area contributed by atoms with Crippen LogP contribution in [-0.4, -0.2) is 30.1 Å². The maximum atomic E-state index is 12.1. The van der Waals surface area contributed by atoms with E-state index >= 15 is 0 Å². The third-order valence-electron chi connectivity index (χ3n) is 5.13. The summed E-state index contributed by atoms with van der Waals surface area (Å²) in [6.07, 6.45) is 13.0. The minimum atomic E-state index is -0.0517. The summed E-state index contributed by atoms with van der Waals surface area (Å²) < 4.78 is 0. The molecule has 0 spiro atoms. The SMILES string of the molecule is O=C(NCc1ccc(N2CCCC2)nc1)NC1CCCCCCC1. The highest BCUT2D eigenvalue weighted by atomic mass is 16.2. The topological polar surface area (TPSA) is 57.3 Å². The van der Waals surface area contributed by atoms with Gasteiger partial charge in [0.15, 0.2) is 0 Å². The Balaban J connectivity index is 1.41. The van der Waals surface area contributed by atoms with Crippen LogP contribution in [0.2, 0.25) is 0 Å². The van der Waals surface area contributed by atoms with Gasteiger partial charge >= 0.3 is 6.03 Å². The molecule has 5 nitrogen and oxygen atoms in total. The normalized spacial score (nSPS) is 19.6. The summed E-state index contributed by atoms with van der Waals surface area (Å²) in [4.78, 5) is 19.0. The van der Waals surface area contributed by atoms with Gasteiger partial charge in [-0.25, -0.2) is 9.78 Å². The summed E-state index contributed by atoms with van der Waals surface area (Å²) in [5, 5.41) is 6.10. The van der Waals surface area contributed by atoms with Crippen molar-refractivity contribution in [3.05, 3.63) is 23.9 Å². The van der Waals surface area contributed by atoms with Crippen molar-refractivity contribution < 1.29 is 4.79 Å². The van der Waals surface area contributed by atoms with Gasteiger partial charge in [0.1, 0.15) is 5.82 Å². The van der Waals surface area contributed by atoms with Gasteiger partial charge in [-0.15, -0.1) is 0 Å². The minimum Gasteiger partial charge on any atom is -0.357 e. The van der Waals surface area contributed by atoms with Crippen molar-refractivity contribution in [2.45, 2.75) is 70.4 Å². The number of amides is 2. The highest BCUT2D eigenvalue weighted by molar-refractivity contribution is 5.74. The predicted molar refractivity (Wildman–Crippen MR) is 97.2 cm³/mol. The Kier molecular flexibility index (Phi) is 6.33. The van der Waals surface area contributed by atoms with E-state index in [1.807, 2.05) is 6.20 Å². The summed E-state index contributed by atoms with van der Waals surface area (Å²) >= 11 is 0. The number of urea groups is 1. The molecule has 0 radical (unpaired) electrons. The number of anilines is 1. The Bertz CT molecular complexity index is 503. The van der Waals surface area contributed by atoms with Gasteiger partial charge in [0, 0.05) is 31.9 Å². The monoisotopic (exact) mass is 330 g/mol. The van der Waals surface area contributed by atoms with E-state index in [1.165, 1.54) is 44.9 Å². The molecule has 0 aromatic carbocycles. The van der Waals surface area contributed by atoms with E-state index in [9.17, 15) is 4.79 Å². The zero-order chi connectivity index (χ0) is 16.6. The molecule has 3 rings (SSSR count). The Morgan fingerprint density at radius 1 is 1.04 bits per heavy atom. The van der Waals surface area contributed by atoms with Gasteiger partial charge in [-0.2, -0.15) is 0 Å². The lowest BCUT2D eigenvalue weighted by Crippen LogP contribution is -2.42. The van der Waals surface area contributed by atoms with E-state index in [4.69, 9.17) is 0 Å². The van der Waals surface area contributed by atoms with Crippen LogP contribution in [0.25, 0.3) is 0 Å². The minimum absolute atomic E-state index is 0.0517. The number of nitrogens with zero attached hydrogens (tertiary/aromatic N) is 2. The molecule has 1 saturated heterocycles. The average molecular weight is 330 g/mol. The molecule has 1 saturated carbocycles. The first kappa shape index (κ1) is 17.1. The Morgan fingerprint density at radius 2 is 1.75 bits per heavy atom. The van der Waals surface area contributed by atoms with Gasteiger partial charge in [0.25, 0.3) is 0 Å². The molecule has 1 aromatic heterocycles. The van der Waals surface area contributed by atoms with Crippen molar-refractivity contribution >= 4 is 11.8 Å². The van der Waals surface area contributed by atoms with E-state index in [2.05, 4.69) is 32.7 Å². The van der Waals surface area contributed by atoms with Crippen molar-refractivity contribution in [3.8, 4) is 0 Å². The van der Waals surface area contributed by atoms with Crippen LogP contribution in [0.15, 0.2) is 18.3 Å². The molecule has 1 aliphatic carbocycles. The third kappa shape index (κ3) is 5.11. The largest absolute Gasteiger partial charge is 0.357 e. The van der Waals surface area contributed by atoms with Crippen molar-refractivity contribution in [2.24, 2.45) is 0 Å². The van der Waals surface area contributed by atoms with Crippen LogP contribution in [0, 0.1) is 0 Å². The highest BCUT2D eigenvalue weighted by Crippen LogP contribution is 2.18. The lowest BCUT2D eigenvalue weighted by Gasteiger charge is -2.21. The fourth-order valence-corrected chi connectivity index (χ4v) is 3.67. The maximum absolute atomic E-state index is 12.1. The van der Waals surface area contributed by atoms with Gasteiger partial charge in [-0.1, -0.05) is 38.2 Å². The Hall–Kier alpha value is -1.78. The van der Waals surface area contributed by atoms with Gasteiger partial charge in [-0.3, -0.25) is 0 Å². The third-order valence-corrected chi connectivity index (χ3v) is 5.13. The molecule has 0 unspecified atom stereocenters. The van der Waals surface area contributed by atoms with Crippen LogP contribution in [-0.2, 0) is 6.54 Å². The quantitative estimate of drug-likeness (QED) is 0.887. The van der Waals surface area contributed by atoms with Gasteiger partial charge in [0.2, 0.25) is 0 Å². The lowest BCUT2D eigenvalue weighted by molar-refractivity contribution is 0.233. The lowest BCUT2D eigenvalue weighted by atomic mass is 9.97. The number of carbonyl (C=O) groups excluding carboxylic acids is 1. The van der Waals surface area contributed by atoms with Crippen LogP contribution in [0.4, 0.5) is 10.6 Å². The molecule has 0 bridgehead atoms. The van der Waals surface area contributed by atoms with Crippen molar-refractivity contribution in [2.75, 3.05) is 18.0 Å². The van der Waals surface area contributed by atoms with E-state index in [0.29, 0.717) is 12.6 Å². The molecule has 2 aliphatic rings. The number of carbonyl (C=O) groups is 1. The number of pyridine rings is 1. The van der Waals surface area contributed by atoms with Gasteiger partial charge < -0.3 is 15.5 Å². The molecule has 2 N–H and O–H groups in total. The fourth-order valence-electron chi connectivity index (χ4n) is 3.67. The van der Waals surface area contributed by atoms with E-state index in [1.54, 1.807) is 0 Å². The van der Waals surface area contributed by atoms with Crippen molar-refractivity contribution in [3.63, 3.8) is 0 Å². The Labute approximate surface area is 145 Å². The number of nitrogens with one attached hydrogen (secondary N) is 2. The van der Waals surface area contributed by atoms with Gasteiger partial charge in [-0.05, 0) is 37.3 Å². The summed E-state index contributed by atoms with van der Waals surface area (Å²) in [6, 6.07) is 4.41. The molecule has 5 heteroatoms. The first-order chi connectivity index (χ1) is 11.8. The molecular weight excluding hydrogens is 300 g/mol. The maximum Gasteiger partial charge on any atom is 0.315 e. The smallest absolute Gasteiger partial charge is 0.315 e. The molecule has 0 atom stereocenters. The average Bonchev–Trinajstić information content (AvgIpc) is 3.10. The first-order valence-electron chi connectivity index (χ1n) is 9.55. The second-order valence-corrected chi connectivity index (χ2v) is 7.09. The van der Waals surface area contributed by atoms with E-state index in [-0.39, 0.29) is 6.03 Å². The molecule has 132 valence electrons. The molecule has 1 aromatic rings. The number of rotatable bonds is 4. The molecule has 2 heterocycles. The second kappa shape index (κ2) is 8.90. The molecular formula is C19H30N4O. The number of aromatic nitrogens is 1. The number of hydrogen-bond donors (Lipinski definition) is 2. The first-order valence-corrected chi connectivity index (χ1v) is 9.55. The van der Waals surface area contributed by atoms with Gasteiger partial charge in [0.05, 0.1) is 0 Å². The molecule has 1 aliphatic heterocycles. The van der Waals surface area contributed by atoms with Crippen molar-refractivity contribution in [1.29, 1.82) is 0 Å². The van der Waals surface area contributed by atoms with Crippen LogP contribution >= 0.6 is 0 Å². The second-order valence-electron chi connectivity index (χ2n) is 7.09. The molecule has 2 amide bonds. The standard InChI is InChI=1S/C19H30N4O/c24-19(22-17-8-4-2-1-3-5-9-17)21-15-16-10-11-18(20-14-16)23-12-6-7-13-23/h10-11,14,17H,1-9,12-13,15H2,(H2,21,22,24). The summed E-state index contributed by atoms with van der Waals surface area (Å²) in [5.41, 5.74) is 1.05. The van der Waals surface area contributed by atoms with Crippen LogP contribution in [0.5, 0.6) is 0 Å². The Morgan fingerprint density at radius 3 is 2.42 bits per heavy atom. The van der Waals surface area contributed by atoms with Crippen molar-refractivity contribution in [1.82, 2.24) is 15.6 Å². The van der Waals surface area contributed by atoms with E-state index in [0.717, 1.165) is 37.3 Å². The van der Waals surface area contributed by atoms with E-state index < -0.39 is 0 Å². The van der Waals surface area contributed by atoms with Crippen LogP contribution in [0.3, 0.4) is 0 Å². The molecule has 2 fully saturated rings. The number of hydrogen-bond acceptors (Lipinski definition) is 3. The zero-order valence-corrected chi connectivity index (χ0v) is 14.6. The summed E-state index contributed by atoms with van der Waals surface area (Å²) in [5.74, 6) is 1.05. The highest BCUT2D eigenvalue weighted by Gasteiger charge is 2.15. The molecule has 24 heavy (non-hydrogen) atoms. The van der Waals surface area contributed by atoms with Crippen LogP contribution < -0.4 is 15.5 Å². The fraction of sp³-hybridized carbons (Fsp3) is 0.684. The predicted octanol–water partition coefficient (Wildman–Crippen LogP) is 3.59. The summed E-state index contributed by atoms with van der Waals surface area (Å²) in [6.45, 7) is 2.74. The van der Waals surface area contributed by atoms with Crippen LogP contribution in [0.1, 0.15) is 63.4 Å². The zero-order valence-electron chi connectivity index (χ0n) is 14.6.